The van der Waals surface area contributed by atoms with Crippen LogP contribution in [0.25, 0.3) is 9.40 Å². The average Bonchev–Trinajstić information content (AvgIpc) is 2.84. The van der Waals surface area contributed by atoms with E-state index in [1.54, 1.807) is 0 Å². The SMILES string of the molecule is CC#CCCC(NC)c1cc2sccc2s1. The minimum absolute atomic E-state index is 0.449. The first kappa shape index (κ1) is 11.7. The number of thiophene rings is 2. The summed E-state index contributed by atoms with van der Waals surface area (Å²) in [4.78, 5) is 1.43. The zero-order valence-electron chi connectivity index (χ0n) is 9.54. The molecule has 0 aliphatic carbocycles. The highest BCUT2D eigenvalue weighted by Gasteiger charge is 2.12. The van der Waals surface area contributed by atoms with Crippen LogP contribution in [-0.4, -0.2) is 7.05 Å². The second-order valence-corrected chi connectivity index (χ2v) is 5.67. The van der Waals surface area contributed by atoms with Crippen LogP contribution in [0, 0.1) is 11.8 Å². The van der Waals surface area contributed by atoms with Crippen LogP contribution in [0.5, 0.6) is 0 Å². The quantitative estimate of drug-likeness (QED) is 0.807. The summed E-state index contributed by atoms with van der Waals surface area (Å²) in [5.74, 6) is 6.08. The van der Waals surface area contributed by atoms with Gasteiger partial charge in [-0.05, 0) is 37.9 Å². The van der Waals surface area contributed by atoms with Crippen molar-refractivity contribution in [3.63, 3.8) is 0 Å². The molecular formula is C13H15NS2. The van der Waals surface area contributed by atoms with Gasteiger partial charge in [-0.25, -0.2) is 0 Å². The third kappa shape index (κ3) is 2.46. The lowest BCUT2D eigenvalue weighted by Crippen LogP contribution is -2.14. The maximum atomic E-state index is 3.38. The molecule has 1 unspecified atom stereocenters. The summed E-state index contributed by atoms with van der Waals surface area (Å²) in [6.45, 7) is 1.90. The first-order valence-electron chi connectivity index (χ1n) is 5.39. The van der Waals surface area contributed by atoms with Crippen LogP contribution in [0.1, 0.15) is 30.7 Å². The van der Waals surface area contributed by atoms with Gasteiger partial charge in [0.25, 0.3) is 0 Å². The molecule has 3 heteroatoms. The van der Waals surface area contributed by atoms with Gasteiger partial charge in [-0.3, -0.25) is 0 Å². The molecule has 2 heterocycles. The molecule has 84 valence electrons. The largest absolute Gasteiger partial charge is 0.312 e. The second-order valence-electron chi connectivity index (χ2n) is 3.60. The molecule has 16 heavy (non-hydrogen) atoms. The van der Waals surface area contributed by atoms with Gasteiger partial charge < -0.3 is 5.32 Å². The number of hydrogen-bond donors (Lipinski definition) is 1. The maximum Gasteiger partial charge on any atom is 0.0454 e. The first-order valence-corrected chi connectivity index (χ1v) is 7.08. The van der Waals surface area contributed by atoms with E-state index < -0.39 is 0 Å². The van der Waals surface area contributed by atoms with Crippen molar-refractivity contribution < 1.29 is 0 Å². The predicted molar refractivity (Wildman–Crippen MR) is 74.2 cm³/mol. The molecule has 2 aromatic heterocycles. The van der Waals surface area contributed by atoms with E-state index in [2.05, 4.69) is 34.7 Å². The monoisotopic (exact) mass is 249 g/mol. The molecule has 0 aliphatic rings. The van der Waals surface area contributed by atoms with E-state index in [9.17, 15) is 0 Å². The standard InChI is InChI=1S/C13H15NS2/c1-3-4-5-6-10(14-2)12-9-13-11(16-12)7-8-15-13/h7-10,14H,5-6H2,1-2H3. The third-order valence-corrected chi connectivity index (χ3v) is 4.79. The molecule has 0 saturated heterocycles. The summed E-state index contributed by atoms with van der Waals surface area (Å²) in [6, 6.07) is 4.96. The topological polar surface area (TPSA) is 12.0 Å². The Labute approximate surface area is 104 Å². The fraction of sp³-hybridized carbons (Fsp3) is 0.385. The molecule has 2 rings (SSSR count). The highest BCUT2D eigenvalue weighted by molar-refractivity contribution is 7.26. The molecule has 0 saturated carbocycles. The maximum absolute atomic E-state index is 3.38. The number of fused-ring (bicyclic) bond motifs is 1. The van der Waals surface area contributed by atoms with E-state index in [4.69, 9.17) is 0 Å². The molecule has 1 nitrogen and oxygen atoms in total. The zero-order chi connectivity index (χ0) is 11.4. The van der Waals surface area contributed by atoms with Crippen molar-refractivity contribution in [1.82, 2.24) is 5.32 Å². The van der Waals surface area contributed by atoms with Crippen LogP contribution >= 0.6 is 22.7 Å². The van der Waals surface area contributed by atoms with Crippen LogP contribution in [-0.2, 0) is 0 Å². The van der Waals surface area contributed by atoms with Gasteiger partial charge in [0.05, 0.1) is 0 Å². The molecule has 0 fully saturated rings. The van der Waals surface area contributed by atoms with E-state index in [-0.39, 0.29) is 0 Å². The Morgan fingerprint density at radius 1 is 1.44 bits per heavy atom. The summed E-state index contributed by atoms with van der Waals surface area (Å²) < 4.78 is 2.81. The van der Waals surface area contributed by atoms with E-state index >= 15 is 0 Å². The summed E-state index contributed by atoms with van der Waals surface area (Å²) in [5, 5.41) is 5.53. The van der Waals surface area contributed by atoms with Crippen LogP contribution in [0.3, 0.4) is 0 Å². The molecule has 0 radical (unpaired) electrons. The molecule has 0 aliphatic heterocycles. The minimum atomic E-state index is 0.449. The Morgan fingerprint density at radius 3 is 3.00 bits per heavy atom. The van der Waals surface area contributed by atoms with Crippen molar-refractivity contribution in [3.05, 3.63) is 22.4 Å². The van der Waals surface area contributed by atoms with Gasteiger partial charge in [0, 0.05) is 26.7 Å². The van der Waals surface area contributed by atoms with Gasteiger partial charge in [0.1, 0.15) is 0 Å². The molecule has 0 amide bonds. The normalized spacial score (nSPS) is 12.4. The minimum Gasteiger partial charge on any atom is -0.312 e. The Morgan fingerprint density at radius 2 is 2.31 bits per heavy atom. The third-order valence-electron chi connectivity index (χ3n) is 2.59. The van der Waals surface area contributed by atoms with E-state index in [0.717, 1.165) is 12.8 Å². The van der Waals surface area contributed by atoms with Crippen LogP contribution < -0.4 is 5.32 Å². The summed E-state index contributed by atoms with van der Waals surface area (Å²) in [7, 11) is 2.03. The number of nitrogens with one attached hydrogen (secondary N) is 1. The van der Waals surface area contributed by atoms with Gasteiger partial charge in [-0.1, -0.05) is 0 Å². The lowest BCUT2D eigenvalue weighted by atomic mass is 10.1. The molecule has 0 aromatic carbocycles. The van der Waals surface area contributed by atoms with Gasteiger partial charge in [0.15, 0.2) is 0 Å². The zero-order valence-corrected chi connectivity index (χ0v) is 11.2. The Kier molecular flexibility index (Phi) is 4.00. The Hall–Kier alpha value is -0.820. The van der Waals surface area contributed by atoms with Crippen molar-refractivity contribution in [2.45, 2.75) is 25.8 Å². The lowest BCUT2D eigenvalue weighted by molar-refractivity contribution is 0.568. The Bertz CT molecular complexity index is 484. The molecular weight excluding hydrogens is 234 g/mol. The van der Waals surface area contributed by atoms with Gasteiger partial charge in [-0.2, -0.15) is 0 Å². The summed E-state index contributed by atoms with van der Waals surface area (Å²) in [5.41, 5.74) is 0. The predicted octanol–water partition coefficient (Wildman–Crippen LogP) is 4.03. The highest BCUT2D eigenvalue weighted by Crippen LogP contribution is 2.34. The van der Waals surface area contributed by atoms with E-state index in [1.165, 1.54) is 14.3 Å². The molecule has 1 N–H and O–H groups in total. The number of rotatable bonds is 4. The van der Waals surface area contributed by atoms with Crippen molar-refractivity contribution in [2.75, 3.05) is 7.05 Å². The lowest BCUT2D eigenvalue weighted by Gasteiger charge is -2.12. The molecule has 1 atom stereocenters. The van der Waals surface area contributed by atoms with Gasteiger partial charge in [0.2, 0.25) is 0 Å². The van der Waals surface area contributed by atoms with Gasteiger partial charge in [-0.15, -0.1) is 34.5 Å². The summed E-state index contributed by atoms with van der Waals surface area (Å²) >= 11 is 3.71. The average molecular weight is 249 g/mol. The highest BCUT2D eigenvalue weighted by atomic mass is 32.1. The van der Waals surface area contributed by atoms with Crippen molar-refractivity contribution in [3.8, 4) is 11.8 Å². The van der Waals surface area contributed by atoms with Crippen LogP contribution in [0.4, 0.5) is 0 Å². The Balaban J connectivity index is 2.13. The van der Waals surface area contributed by atoms with E-state index in [0.29, 0.717) is 6.04 Å². The van der Waals surface area contributed by atoms with Crippen LogP contribution in [0.15, 0.2) is 17.5 Å². The smallest absolute Gasteiger partial charge is 0.0454 e. The van der Waals surface area contributed by atoms with Crippen molar-refractivity contribution in [1.29, 1.82) is 0 Å². The van der Waals surface area contributed by atoms with Crippen LogP contribution in [0.2, 0.25) is 0 Å². The van der Waals surface area contributed by atoms with Gasteiger partial charge >= 0.3 is 0 Å². The second kappa shape index (κ2) is 5.49. The first-order chi connectivity index (χ1) is 7.85. The van der Waals surface area contributed by atoms with Crippen molar-refractivity contribution >= 4 is 32.1 Å². The fourth-order valence-electron chi connectivity index (χ4n) is 1.73. The fourth-order valence-corrected chi connectivity index (χ4v) is 3.99. The summed E-state index contributed by atoms with van der Waals surface area (Å²) in [6.07, 6.45) is 2.05. The van der Waals surface area contributed by atoms with Crippen molar-refractivity contribution in [2.24, 2.45) is 0 Å². The number of hydrogen-bond acceptors (Lipinski definition) is 3. The molecule has 0 spiro atoms. The van der Waals surface area contributed by atoms with E-state index in [1.807, 2.05) is 36.6 Å². The molecule has 2 aromatic rings. The molecule has 0 bridgehead atoms.